The predicted molar refractivity (Wildman–Crippen MR) is 76.2 cm³/mol. The summed E-state index contributed by atoms with van der Waals surface area (Å²) in [6.07, 6.45) is 0. The van der Waals surface area contributed by atoms with Gasteiger partial charge >= 0.3 is 5.97 Å². The highest BCUT2D eigenvalue weighted by molar-refractivity contribution is 7.99. The molecule has 2 rings (SSSR count). The van der Waals surface area contributed by atoms with Gasteiger partial charge in [0.05, 0.1) is 5.75 Å². The van der Waals surface area contributed by atoms with E-state index in [1.54, 1.807) is 0 Å². The Hall–Kier alpha value is -2.28. The fraction of sp³-hybridized carbons (Fsp3) is 0.154. The number of carbonyl (C=O) groups is 1. The number of benzene rings is 1. The summed E-state index contributed by atoms with van der Waals surface area (Å²) in [6, 6.07) is 10.6. The van der Waals surface area contributed by atoms with Crippen molar-refractivity contribution >= 4 is 23.5 Å². The van der Waals surface area contributed by atoms with Gasteiger partial charge in [-0.05, 0) is 5.56 Å². The molecule has 0 aliphatic rings. The molecule has 0 unspecified atom stereocenters. The van der Waals surface area contributed by atoms with Crippen molar-refractivity contribution in [2.24, 2.45) is 0 Å². The molecule has 0 aliphatic heterocycles. The number of nitrogen functional groups attached to an aromatic ring is 1. The monoisotopic (exact) mass is 291 g/mol. The van der Waals surface area contributed by atoms with Crippen LogP contribution in [-0.2, 0) is 16.1 Å². The summed E-state index contributed by atoms with van der Waals surface area (Å²) in [5, 5.41) is 0.298. The molecule has 0 aliphatic carbocycles. The number of rotatable bonds is 5. The number of carbonyl (C=O) groups excluding carboxylic acids is 1. The molecule has 1 heterocycles. The first kappa shape index (κ1) is 14.1. The van der Waals surface area contributed by atoms with Gasteiger partial charge in [-0.2, -0.15) is 0 Å². The molecule has 0 saturated heterocycles. The maximum absolute atomic E-state index is 11.6. The number of nitrogens with two attached hydrogens (primary N) is 1. The highest BCUT2D eigenvalue weighted by Gasteiger charge is 2.07. The third-order valence-electron chi connectivity index (χ3n) is 2.31. The Morgan fingerprint density at radius 1 is 1.35 bits per heavy atom. The first-order valence-corrected chi connectivity index (χ1v) is 6.81. The van der Waals surface area contributed by atoms with Crippen LogP contribution in [0.5, 0.6) is 0 Å². The molecular weight excluding hydrogens is 278 g/mol. The lowest BCUT2D eigenvalue weighted by atomic mass is 10.2. The van der Waals surface area contributed by atoms with E-state index in [9.17, 15) is 9.59 Å². The van der Waals surface area contributed by atoms with Gasteiger partial charge in [0.2, 0.25) is 0 Å². The predicted octanol–water partition coefficient (Wildman–Crippen LogP) is 1.19. The number of aromatic amines is 1. The van der Waals surface area contributed by atoms with Crippen LogP contribution in [0.15, 0.2) is 46.3 Å². The van der Waals surface area contributed by atoms with Gasteiger partial charge in [-0.1, -0.05) is 42.1 Å². The summed E-state index contributed by atoms with van der Waals surface area (Å²) >= 11 is 1.07. The second-order valence-corrected chi connectivity index (χ2v) is 4.87. The summed E-state index contributed by atoms with van der Waals surface area (Å²) in [6.45, 7) is 0.223. The molecule has 6 nitrogen and oxygen atoms in total. The third-order valence-corrected chi connectivity index (χ3v) is 3.16. The summed E-state index contributed by atoms with van der Waals surface area (Å²) in [5.41, 5.74) is 6.01. The van der Waals surface area contributed by atoms with E-state index in [-0.39, 0.29) is 29.7 Å². The Balaban J connectivity index is 1.82. The van der Waals surface area contributed by atoms with Crippen LogP contribution in [-0.4, -0.2) is 21.7 Å². The topological polar surface area (TPSA) is 98.1 Å². The Labute approximate surface area is 119 Å². The van der Waals surface area contributed by atoms with Crippen molar-refractivity contribution in [1.29, 1.82) is 0 Å². The summed E-state index contributed by atoms with van der Waals surface area (Å²) < 4.78 is 5.10. The molecular formula is C13H13N3O3S. The quantitative estimate of drug-likeness (QED) is 0.488. The number of anilines is 1. The number of H-pyrrole nitrogens is 1. The zero-order valence-corrected chi connectivity index (χ0v) is 11.4. The van der Waals surface area contributed by atoms with E-state index >= 15 is 0 Å². The summed E-state index contributed by atoms with van der Waals surface area (Å²) in [5.74, 6) is -0.211. The molecule has 0 atom stereocenters. The van der Waals surface area contributed by atoms with Gasteiger partial charge in [0.15, 0.2) is 5.16 Å². The average Bonchev–Trinajstić information content (AvgIpc) is 2.43. The standard InChI is InChI=1S/C13H13N3O3S/c14-10-6-11(17)16-13(15-10)20-8-12(18)19-7-9-4-2-1-3-5-9/h1-6H,7-8H2,(H3,14,15,16,17). The van der Waals surface area contributed by atoms with Crippen LogP contribution in [0.25, 0.3) is 0 Å². The molecule has 3 N–H and O–H groups in total. The fourth-order valence-electron chi connectivity index (χ4n) is 1.43. The van der Waals surface area contributed by atoms with Gasteiger partial charge in [-0.3, -0.25) is 9.59 Å². The Morgan fingerprint density at radius 2 is 2.10 bits per heavy atom. The number of nitrogens with one attached hydrogen (secondary N) is 1. The Morgan fingerprint density at radius 3 is 2.80 bits per heavy atom. The number of thioether (sulfide) groups is 1. The van der Waals surface area contributed by atoms with Crippen LogP contribution in [0.3, 0.4) is 0 Å². The molecule has 0 saturated carbocycles. The van der Waals surface area contributed by atoms with Gasteiger partial charge in [0.25, 0.3) is 5.56 Å². The molecule has 0 spiro atoms. The van der Waals surface area contributed by atoms with Crippen LogP contribution < -0.4 is 11.3 Å². The van der Waals surface area contributed by atoms with Crippen molar-refractivity contribution < 1.29 is 9.53 Å². The second kappa shape index (κ2) is 6.76. The van der Waals surface area contributed by atoms with Crippen LogP contribution in [0.1, 0.15) is 5.56 Å². The van der Waals surface area contributed by atoms with Gasteiger partial charge < -0.3 is 15.5 Å². The van der Waals surface area contributed by atoms with E-state index in [4.69, 9.17) is 10.5 Å². The maximum Gasteiger partial charge on any atom is 0.316 e. The largest absolute Gasteiger partial charge is 0.460 e. The van der Waals surface area contributed by atoms with Crippen LogP contribution in [0.4, 0.5) is 5.82 Å². The van der Waals surface area contributed by atoms with Crippen molar-refractivity contribution in [2.75, 3.05) is 11.5 Å². The van der Waals surface area contributed by atoms with Crippen molar-refractivity contribution in [1.82, 2.24) is 9.97 Å². The molecule has 1 aromatic carbocycles. The van der Waals surface area contributed by atoms with Crippen molar-refractivity contribution in [3.8, 4) is 0 Å². The Kier molecular flexibility index (Phi) is 4.78. The molecule has 0 radical (unpaired) electrons. The molecule has 7 heteroatoms. The lowest BCUT2D eigenvalue weighted by Crippen LogP contribution is -2.12. The van der Waals surface area contributed by atoms with Gasteiger partial charge in [-0.25, -0.2) is 4.98 Å². The minimum absolute atomic E-state index is 0.0548. The number of nitrogens with zero attached hydrogens (tertiary/aromatic N) is 1. The normalized spacial score (nSPS) is 10.2. The fourth-order valence-corrected chi connectivity index (χ4v) is 2.11. The smallest absolute Gasteiger partial charge is 0.316 e. The van der Waals surface area contributed by atoms with Crippen LogP contribution in [0.2, 0.25) is 0 Å². The molecule has 0 fully saturated rings. The number of hydrogen-bond acceptors (Lipinski definition) is 6. The summed E-state index contributed by atoms with van der Waals surface area (Å²) in [4.78, 5) is 29.1. The van der Waals surface area contributed by atoms with E-state index in [0.717, 1.165) is 17.3 Å². The highest BCUT2D eigenvalue weighted by Crippen LogP contribution is 2.12. The highest BCUT2D eigenvalue weighted by atomic mass is 32.2. The molecule has 0 bridgehead atoms. The molecule has 2 aromatic rings. The van der Waals surface area contributed by atoms with Crippen LogP contribution >= 0.6 is 11.8 Å². The SMILES string of the molecule is Nc1cc(=O)[nH]c(SCC(=O)OCc2ccccc2)n1. The molecule has 20 heavy (non-hydrogen) atoms. The lowest BCUT2D eigenvalue weighted by molar-refractivity contribution is -0.141. The van der Waals surface area contributed by atoms with E-state index < -0.39 is 0 Å². The third kappa shape index (κ3) is 4.43. The van der Waals surface area contributed by atoms with Crippen LogP contribution in [0, 0.1) is 0 Å². The number of ether oxygens (including phenoxy) is 1. The first-order valence-electron chi connectivity index (χ1n) is 5.82. The zero-order chi connectivity index (χ0) is 14.4. The minimum Gasteiger partial charge on any atom is -0.460 e. The van der Waals surface area contributed by atoms with Crippen molar-refractivity contribution in [2.45, 2.75) is 11.8 Å². The molecule has 0 amide bonds. The average molecular weight is 291 g/mol. The van der Waals surface area contributed by atoms with Gasteiger partial charge in [0.1, 0.15) is 12.4 Å². The van der Waals surface area contributed by atoms with E-state index in [1.807, 2.05) is 30.3 Å². The second-order valence-electron chi connectivity index (χ2n) is 3.91. The Bertz CT molecular complexity index is 643. The minimum atomic E-state index is -0.385. The van der Waals surface area contributed by atoms with Crippen molar-refractivity contribution in [3.05, 3.63) is 52.3 Å². The number of esters is 1. The maximum atomic E-state index is 11.6. The van der Waals surface area contributed by atoms with Gasteiger partial charge in [0, 0.05) is 6.07 Å². The summed E-state index contributed by atoms with van der Waals surface area (Å²) in [7, 11) is 0. The molecule has 1 aromatic heterocycles. The van der Waals surface area contributed by atoms with Crippen molar-refractivity contribution in [3.63, 3.8) is 0 Å². The van der Waals surface area contributed by atoms with E-state index in [0.29, 0.717) is 5.16 Å². The zero-order valence-electron chi connectivity index (χ0n) is 10.5. The lowest BCUT2D eigenvalue weighted by Gasteiger charge is -2.04. The molecule has 104 valence electrons. The van der Waals surface area contributed by atoms with E-state index in [1.165, 1.54) is 6.07 Å². The van der Waals surface area contributed by atoms with E-state index in [2.05, 4.69) is 9.97 Å². The number of aromatic nitrogens is 2. The first-order chi connectivity index (χ1) is 9.63. The van der Waals surface area contributed by atoms with Gasteiger partial charge in [-0.15, -0.1) is 0 Å². The number of hydrogen-bond donors (Lipinski definition) is 2.